The van der Waals surface area contributed by atoms with Crippen molar-refractivity contribution in [3.05, 3.63) is 0 Å². The van der Waals surface area contributed by atoms with Crippen LogP contribution in [0.15, 0.2) is 0 Å². The molecule has 1 aliphatic carbocycles. The van der Waals surface area contributed by atoms with Crippen molar-refractivity contribution in [1.82, 2.24) is 5.32 Å². The zero-order valence-corrected chi connectivity index (χ0v) is 5.76. The zero-order chi connectivity index (χ0) is 7.19. The highest BCUT2D eigenvalue weighted by Gasteiger charge is 2.47. The van der Waals surface area contributed by atoms with Gasteiger partial charge in [0.1, 0.15) is 5.72 Å². The van der Waals surface area contributed by atoms with Gasteiger partial charge in [-0.05, 0) is 19.3 Å². The number of amides is 1. The summed E-state index contributed by atoms with van der Waals surface area (Å²) in [5, 5.41) is 12.3. The number of aliphatic hydroxyl groups is 1. The van der Waals surface area contributed by atoms with Gasteiger partial charge in [-0.3, -0.25) is 4.79 Å². The first kappa shape index (κ1) is 6.16. The largest absolute Gasteiger partial charge is 0.371 e. The monoisotopic (exact) mass is 141 g/mol. The molecule has 2 aliphatic rings. The molecule has 3 nitrogen and oxygen atoms in total. The molecular weight excluding hydrogens is 130 g/mol. The number of hydrogen-bond donors (Lipinski definition) is 2. The molecule has 0 radical (unpaired) electrons. The molecule has 0 unspecified atom stereocenters. The van der Waals surface area contributed by atoms with E-state index in [1.165, 1.54) is 0 Å². The first-order valence-electron chi connectivity index (χ1n) is 3.74. The van der Waals surface area contributed by atoms with Crippen LogP contribution in [0.1, 0.15) is 25.7 Å². The number of rotatable bonds is 0. The molecule has 1 aliphatic heterocycles. The second kappa shape index (κ2) is 1.72. The Morgan fingerprint density at radius 1 is 1.70 bits per heavy atom. The van der Waals surface area contributed by atoms with Gasteiger partial charge >= 0.3 is 0 Å². The lowest BCUT2D eigenvalue weighted by Gasteiger charge is -2.20. The molecule has 56 valence electrons. The Kier molecular flexibility index (Phi) is 1.06. The molecule has 0 aromatic heterocycles. The maximum Gasteiger partial charge on any atom is 0.222 e. The second-order valence-corrected chi connectivity index (χ2v) is 3.27. The van der Waals surface area contributed by atoms with E-state index >= 15 is 0 Å². The van der Waals surface area contributed by atoms with Crippen molar-refractivity contribution >= 4 is 5.91 Å². The molecule has 2 atom stereocenters. The van der Waals surface area contributed by atoms with Crippen molar-refractivity contribution in [1.29, 1.82) is 0 Å². The molecule has 0 spiro atoms. The maximum atomic E-state index is 10.8. The predicted molar refractivity (Wildman–Crippen MR) is 35.1 cm³/mol. The van der Waals surface area contributed by atoms with Crippen LogP contribution in [-0.2, 0) is 4.79 Å². The molecule has 10 heavy (non-hydrogen) atoms. The lowest BCUT2D eigenvalue weighted by Crippen LogP contribution is -2.42. The highest BCUT2D eigenvalue weighted by molar-refractivity contribution is 5.79. The fraction of sp³-hybridized carbons (Fsp3) is 0.857. The van der Waals surface area contributed by atoms with Crippen molar-refractivity contribution in [2.24, 2.45) is 5.92 Å². The molecule has 2 fully saturated rings. The summed E-state index contributed by atoms with van der Waals surface area (Å²) >= 11 is 0. The Bertz CT molecular complexity index is 180. The van der Waals surface area contributed by atoms with E-state index in [1.807, 2.05) is 0 Å². The van der Waals surface area contributed by atoms with Crippen LogP contribution < -0.4 is 5.32 Å². The molecule has 0 aromatic rings. The van der Waals surface area contributed by atoms with Gasteiger partial charge in [0.2, 0.25) is 5.91 Å². The van der Waals surface area contributed by atoms with Crippen molar-refractivity contribution in [2.45, 2.75) is 31.4 Å². The summed E-state index contributed by atoms with van der Waals surface area (Å²) in [5.41, 5.74) is -0.822. The normalized spacial score (nSPS) is 45.3. The Labute approximate surface area is 59.4 Å². The highest BCUT2D eigenvalue weighted by atomic mass is 16.3. The number of fused-ring (bicyclic) bond motifs is 1. The summed E-state index contributed by atoms with van der Waals surface area (Å²) in [7, 11) is 0. The van der Waals surface area contributed by atoms with Gasteiger partial charge in [0.15, 0.2) is 0 Å². The van der Waals surface area contributed by atoms with Crippen molar-refractivity contribution < 1.29 is 9.90 Å². The Morgan fingerprint density at radius 3 is 3.20 bits per heavy atom. The summed E-state index contributed by atoms with van der Waals surface area (Å²) in [6, 6.07) is 0. The van der Waals surface area contributed by atoms with Gasteiger partial charge in [0, 0.05) is 12.3 Å². The zero-order valence-electron chi connectivity index (χ0n) is 5.76. The Balaban J connectivity index is 2.22. The molecular formula is C7H11NO2. The highest BCUT2D eigenvalue weighted by Crippen LogP contribution is 2.39. The van der Waals surface area contributed by atoms with Gasteiger partial charge in [-0.25, -0.2) is 0 Å². The molecule has 1 saturated heterocycles. The van der Waals surface area contributed by atoms with E-state index < -0.39 is 5.72 Å². The van der Waals surface area contributed by atoms with Crippen LogP contribution in [0.4, 0.5) is 0 Å². The first-order valence-corrected chi connectivity index (χ1v) is 3.74. The van der Waals surface area contributed by atoms with Gasteiger partial charge in [0.05, 0.1) is 0 Å². The van der Waals surface area contributed by atoms with Gasteiger partial charge in [0.25, 0.3) is 0 Å². The lowest BCUT2D eigenvalue weighted by atomic mass is 10.0. The molecule has 2 N–H and O–H groups in total. The summed E-state index contributed by atoms with van der Waals surface area (Å²) in [6.45, 7) is 0. The van der Waals surface area contributed by atoms with Crippen molar-refractivity contribution in [2.75, 3.05) is 0 Å². The van der Waals surface area contributed by atoms with Gasteiger partial charge in [-0.15, -0.1) is 0 Å². The minimum atomic E-state index is -0.822. The van der Waals surface area contributed by atoms with E-state index in [0.29, 0.717) is 6.42 Å². The van der Waals surface area contributed by atoms with Crippen LogP contribution >= 0.6 is 0 Å². The second-order valence-electron chi connectivity index (χ2n) is 3.27. The summed E-state index contributed by atoms with van der Waals surface area (Å²) in [6.07, 6.45) is 3.30. The van der Waals surface area contributed by atoms with Crippen molar-refractivity contribution in [3.8, 4) is 0 Å². The number of carbonyl (C=O) groups excluding carboxylic acids is 1. The molecule has 0 bridgehead atoms. The minimum absolute atomic E-state index is 0.00667. The van der Waals surface area contributed by atoms with Gasteiger partial charge < -0.3 is 10.4 Å². The summed E-state index contributed by atoms with van der Waals surface area (Å²) in [5.74, 6) is 0.201. The molecule has 2 rings (SSSR count). The van der Waals surface area contributed by atoms with E-state index in [2.05, 4.69) is 5.32 Å². The number of hydrogen-bond acceptors (Lipinski definition) is 2. The van der Waals surface area contributed by atoms with Gasteiger partial charge in [-0.1, -0.05) is 0 Å². The molecule has 3 heteroatoms. The molecule has 0 aromatic carbocycles. The van der Waals surface area contributed by atoms with Crippen LogP contribution in [0.5, 0.6) is 0 Å². The van der Waals surface area contributed by atoms with E-state index in [-0.39, 0.29) is 11.8 Å². The third-order valence-electron chi connectivity index (χ3n) is 2.57. The smallest absolute Gasteiger partial charge is 0.222 e. The number of nitrogens with one attached hydrogen (secondary N) is 1. The summed E-state index contributed by atoms with van der Waals surface area (Å²) < 4.78 is 0. The standard InChI is InChI=1S/C7H11NO2/c9-6-4-5-2-1-3-7(5,10)8-6/h5,10H,1-4H2,(H,8,9)/t5-,7+/m1/s1. The Hall–Kier alpha value is -0.570. The quantitative estimate of drug-likeness (QED) is 0.498. The first-order chi connectivity index (χ1) is 4.71. The van der Waals surface area contributed by atoms with Crippen molar-refractivity contribution in [3.63, 3.8) is 0 Å². The fourth-order valence-corrected chi connectivity index (χ4v) is 2.01. The summed E-state index contributed by atoms with van der Waals surface area (Å²) in [4.78, 5) is 10.8. The molecule has 1 amide bonds. The average Bonchev–Trinajstić information content (AvgIpc) is 2.20. The molecule has 1 heterocycles. The number of carbonyl (C=O) groups is 1. The SMILES string of the molecule is O=C1C[C@H]2CCC[C@@]2(O)N1. The van der Waals surface area contributed by atoms with E-state index in [1.54, 1.807) is 0 Å². The van der Waals surface area contributed by atoms with Crippen LogP contribution in [0, 0.1) is 5.92 Å². The third-order valence-corrected chi connectivity index (χ3v) is 2.57. The van der Waals surface area contributed by atoms with Crippen LogP contribution in [0.2, 0.25) is 0 Å². The van der Waals surface area contributed by atoms with Crippen LogP contribution in [0.3, 0.4) is 0 Å². The Morgan fingerprint density at radius 2 is 2.50 bits per heavy atom. The molecule has 1 saturated carbocycles. The van der Waals surface area contributed by atoms with E-state index in [4.69, 9.17) is 0 Å². The maximum absolute atomic E-state index is 10.8. The van der Waals surface area contributed by atoms with E-state index in [9.17, 15) is 9.90 Å². The van der Waals surface area contributed by atoms with E-state index in [0.717, 1.165) is 19.3 Å². The third kappa shape index (κ3) is 0.669. The topological polar surface area (TPSA) is 49.3 Å². The van der Waals surface area contributed by atoms with Crippen LogP contribution in [-0.4, -0.2) is 16.7 Å². The van der Waals surface area contributed by atoms with Crippen LogP contribution in [0.25, 0.3) is 0 Å². The minimum Gasteiger partial charge on any atom is -0.371 e. The fourth-order valence-electron chi connectivity index (χ4n) is 2.01. The van der Waals surface area contributed by atoms with Gasteiger partial charge in [-0.2, -0.15) is 0 Å². The average molecular weight is 141 g/mol. The predicted octanol–water partition coefficient (Wildman–Crippen LogP) is -0.00500. The lowest BCUT2D eigenvalue weighted by molar-refractivity contribution is -0.122.